The monoisotopic (exact) mass is 452 g/mol. The van der Waals surface area contributed by atoms with Gasteiger partial charge in [0.15, 0.2) is 11.4 Å². The van der Waals surface area contributed by atoms with Crippen LogP contribution in [0.3, 0.4) is 0 Å². The van der Waals surface area contributed by atoms with E-state index in [0.717, 1.165) is 18.5 Å². The van der Waals surface area contributed by atoms with Gasteiger partial charge in [-0.25, -0.2) is 15.0 Å². The van der Waals surface area contributed by atoms with Gasteiger partial charge in [-0.3, -0.25) is 14.3 Å². The molecule has 0 radical (unpaired) electrons. The maximum atomic E-state index is 13.2. The second kappa shape index (κ2) is 9.71. The summed E-state index contributed by atoms with van der Waals surface area (Å²) >= 11 is 0. The number of anilines is 3. The molecule has 0 aromatic carbocycles. The lowest BCUT2D eigenvalue weighted by Crippen LogP contribution is -2.34. The highest BCUT2D eigenvalue weighted by molar-refractivity contribution is 6.10. The SMILES string of the molecule is Cn1cc(NC(=O)c2nc(C3CC3)ccc2Nc2cncnc2)c(C(=O)NCC(O)CO)n1. The van der Waals surface area contributed by atoms with Crippen molar-refractivity contribution in [3.63, 3.8) is 0 Å². The lowest BCUT2D eigenvalue weighted by atomic mass is 10.2. The number of aryl methyl sites for hydroxylation is 1. The molecule has 2 amide bonds. The number of carbonyl (C=O) groups excluding carboxylic acids is 2. The second-order valence-corrected chi connectivity index (χ2v) is 7.72. The summed E-state index contributed by atoms with van der Waals surface area (Å²) in [4.78, 5) is 38.2. The van der Waals surface area contributed by atoms with Crippen molar-refractivity contribution >= 4 is 28.9 Å². The number of rotatable bonds is 9. The van der Waals surface area contributed by atoms with Crippen molar-refractivity contribution in [2.24, 2.45) is 7.05 Å². The minimum absolute atomic E-state index is 0.0275. The minimum atomic E-state index is -1.10. The molecule has 3 heterocycles. The van der Waals surface area contributed by atoms with Gasteiger partial charge in [-0.05, 0) is 25.0 Å². The molecule has 3 aromatic rings. The maximum absolute atomic E-state index is 13.2. The first-order chi connectivity index (χ1) is 15.9. The Balaban J connectivity index is 1.58. The molecule has 0 bridgehead atoms. The third-order valence-electron chi connectivity index (χ3n) is 4.97. The Morgan fingerprint density at radius 2 is 1.91 bits per heavy atom. The van der Waals surface area contributed by atoms with Crippen LogP contribution in [-0.4, -0.2) is 66.0 Å². The number of nitrogens with zero attached hydrogens (tertiary/aromatic N) is 5. The first-order valence-corrected chi connectivity index (χ1v) is 10.4. The molecule has 1 fully saturated rings. The first-order valence-electron chi connectivity index (χ1n) is 10.4. The summed E-state index contributed by atoms with van der Waals surface area (Å²) in [6, 6.07) is 3.67. The van der Waals surface area contributed by atoms with Crippen LogP contribution in [-0.2, 0) is 7.05 Å². The van der Waals surface area contributed by atoms with E-state index < -0.39 is 24.5 Å². The smallest absolute Gasteiger partial charge is 0.276 e. The molecule has 1 aliphatic rings. The summed E-state index contributed by atoms with van der Waals surface area (Å²) in [5, 5.41) is 30.8. The highest BCUT2D eigenvalue weighted by Crippen LogP contribution is 2.39. The normalized spacial score (nSPS) is 13.9. The van der Waals surface area contributed by atoms with Crippen molar-refractivity contribution in [1.29, 1.82) is 0 Å². The van der Waals surface area contributed by atoms with E-state index in [4.69, 9.17) is 5.11 Å². The van der Waals surface area contributed by atoms with E-state index in [-0.39, 0.29) is 23.6 Å². The van der Waals surface area contributed by atoms with Crippen LogP contribution in [0, 0.1) is 0 Å². The molecule has 1 atom stereocenters. The number of aromatic nitrogens is 5. The summed E-state index contributed by atoms with van der Waals surface area (Å²) in [5.41, 5.74) is 2.21. The van der Waals surface area contributed by atoms with Crippen LogP contribution in [0.2, 0.25) is 0 Å². The number of carbonyl (C=O) groups is 2. The predicted octanol–water partition coefficient (Wildman–Crippen LogP) is 0.561. The number of aliphatic hydroxyl groups is 2. The van der Waals surface area contributed by atoms with Gasteiger partial charge < -0.3 is 26.2 Å². The zero-order valence-electron chi connectivity index (χ0n) is 17.9. The first kappa shape index (κ1) is 22.3. The molecule has 3 aromatic heterocycles. The molecule has 1 saturated carbocycles. The van der Waals surface area contributed by atoms with Gasteiger partial charge >= 0.3 is 0 Å². The Kier molecular flexibility index (Phi) is 6.56. The quantitative estimate of drug-likeness (QED) is 0.312. The van der Waals surface area contributed by atoms with Crippen molar-refractivity contribution in [2.45, 2.75) is 24.9 Å². The molecule has 0 saturated heterocycles. The van der Waals surface area contributed by atoms with Gasteiger partial charge in [-0.2, -0.15) is 5.10 Å². The molecular weight excluding hydrogens is 428 g/mol. The molecule has 1 aliphatic carbocycles. The summed E-state index contributed by atoms with van der Waals surface area (Å²) in [6.45, 7) is -0.644. The fraction of sp³-hybridized carbons (Fsp3) is 0.333. The van der Waals surface area contributed by atoms with Crippen LogP contribution < -0.4 is 16.0 Å². The molecule has 12 nitrogen and oxygen atoms in total. The van der Waals surface area contributed by atoms with Gasteiger partial charge in [0.05, 0.1) is 42.2 Å². The lowest BCUT2D eigenvalue weighted by molar-refractivity contribution is 0.0799. The largest absolute Gasteiger partial charge is 0.394 e. The van der Waals surface area contributed by atoms with Crippen LogP contribution in [0.15, 0.2) is 37.1 Å². The van der Waals surface area contributed by atoms with E-state index in [2.05, 4.69) is 36.0 Å². The van der Waals surface area contributed by atoms with Gasteiger partial charge in [0, 0.05) is 31.4 Å². The zero-order chi connectivity index (χ0) is 23.4. The number of amides is 2. The average molecular weight is 452 g/mol. The number of hydrogen-bond donors (Lipinski definition) is 5. The molecular formula is C21H24N8O4. The summed E-state index contributed by atoms with van der Waals surface area (Å²) in [7, 11) is 1.61. The summed E-state index contributed by atoms with van der Waals surface area (Å²) in [5.74, 6) is -0.782. The Labute approximate surface area is 189 Å². The van der Waals surface area contributed by atoms with Crippen LogP contribution >= 0.6 is 0 Å². The second-order valence-electron chi connectivity index (χ2n) is 7.72. The molecule has 33 heavy (non-hydrogen) atoms. The maximum Gasteiger partial charge on any atom is 0.276 e. The van der Waals surface area contributed by atoms with Crippen molar-refractivity contribution < 1.29 is 19.8 Å². The van der Waals surface area contributed by atoms with E-state index in [0.29, 0.717) is 17.3 Å². The molecule has 1 unspecified atom stereocenters. The van der Waals surface area contributed by atoms with Gasteiger partial charge in [0.2, 0.25) is 0 Å². The van der Waals surface area contributed by atoms with Crippen LogP contribution in [0.25, 0.3) is 0 Å². The van der Waals surface area contributed by atoms with E-state index in [1.807, 2.05) is 6.07 Å². The summed E-state index contributed by atoms with van der Waals surface area (Å²) in [6.07, 6.45) is 7.02. The van der Waals surface area contributed by atoms with E-state index in [1.54, 1.807) is 25.5 Å². The fourth-order valence-corrected chi connectivity index (χ4v) is 3.16. The molecule has 12 heteroatoms. The molecule has 0 aliphatic heterocycles. The number of hydrogen-bond acceptors (Lipinski definition) is 9. The zero-order valence-corrected chi connectivity index (χ0v) is 17.9. The Bertz CT molecular complexity index is 1150. The standard InChI is InChI=1S/C21H24N8O4/c1-29-9-17(19(28-29)20(32)24-8-14(31)10-30)27-21(33)18-16(25-13-6-22-11-23-7-13)5-4-15(26-18)12-2-3-12/h4-7,9,11-12,14,25,30-31H,2-3,8,10H2,1H3,(H,24,32)(H,27,33). The van der Waals surface area contributed by atoms with Gasteiger partial charge in [-0.1, -0.05) is 0 Å². The molecule has 5 N–H and O–H groups in total. The van der Waals surface area contributed by atoms with Gasteiger partial charge in [0.25, 0.3) is 11.8 Å². The Hall–Kier alpha value is -3.90. The molecule has 0 spiro atoms. The van der Waals surface area contributed by atoms with Crippen molar-refractivity contribution in [2.75, 3.05) is 23.8 Å². The van der Waals surface area contributed by atoms with E-state index in [9.17, 15) is 14.7 Å². The topological polar surface area (TPSA) is 167 Å². The van der Waals surface area contributed by atoms with E-state index >= 15 is 0 Å². The molecule has 4 rings (SSSR count). The molecule has 172 valence electrons. The van der Waals surface area contributed by atoms with Gasteiger partial charge in [-0.15, -0.1) is 0 Å². The van der Waals surface area contributed by atoms with E-state index in [1.165, 1.54) is 17.2 Å². The average Bonchev–Trinajstić information content (AvgIpc) is 3.60. The van der Waals surface area contributed by atoms with Crippen LogP contribution in [0.1, 0.15) is 45.4 Å². The lowest BCUT2D eigenvalue weighted by Gasteiger charge is -2.13. The number of pyridine rings is 1. The van der Waals surface area contributed by atoms with Crippen molar-refractivity contribution in [3.05, 3.63) is 54.1 Å². The van der Waals surface area contributed by atoms with Crippen molar-refractivity contribution in [1.82, 2.24) is 30.0 Å². The van der Waals surface area contributed by atoms with Crippen molar-refractivity contribution in [3.8, 4) is 0 Å². The third kappa shape index (κ3) is 5.48. The summed E-state index contributed by atoms with van der Waals surface area (Å²) < 4.78 is 1.39. The number of nitrogens with one attached hydrogen (secondary N) is 3. The Morgan fingerprint density at radius 3 is 2.61 bits per heavy atom. The fourth-order valence-electron chi connectivity index (χ4n) is 3.16. The minimum Gasteiger partial charge on any atom is -0.394 e. The highest BCUT2D eigenvalue weighted by Gasteiger charge is 2.27. The van der Waals surface area contributed by atoms with Gasteiger partial charge in [0.1, 0.15) is 6.33 Å². The number of aliphatic hydroxyl groups excluding tert-OH is 2. The predicted molar refractivity (Wildman–Crippen MR) is 118 cm³/mol. The van der Waals surface area contributed by atoms with Crippen LogP contribution in [0.5, 0.6) is 0 Å². The van der Waals surface area contributed by atoms with Crippen LogP contribution in [0.4, 0.5) is 17.1 Å². The third-order valence-corrected chi connectivity index (χ3v) is 4.97. The highest BCUT2D eigenvalue weighted by atomic mass is 16.3. The Morgan fingerprint density at radius 1 is 1.15 bits per heavy atom.